The zero-order valence-corrected chi connectivity index (χ0v) is 21.6. The molecule has 0 aliphatic carbocycles. The Balaban J connectivity index is 0.000000235. The minimum Gasteiger partial charge on any atom is -0.661 e. The summed E-state index contributed by atoms with van der Waals surface area (Å²) in [6.45, 7) is 3.91. The monoisotopic (exact) mass is 638 g/mol. The molecule has 7 heteroatoms. The Morgan fingerprint density at radius 1 is 1.03 bits per heavy atom. The summed E-state index contributed by atoms with van der Waals surface area (Å²) in [5.41, 5.74) is 3.55. The Morgan fingerprint density at radius 2 is 1.73 bits per heavy atom. The molecule has 1 aromatic heterocycles. The number of allylic oxidation sites excluding steroid dienone is 2. The molecule has 4 aromatic rings. The molecule has 0 saturated carbocycles. The van der Waals surface area contributed by atoms with E-state index in [2.05, 4.69) is 30.5 Å². The van der Waals surface area contributed by atoms with Crippen LogP contribution in [0.5, 0.6) is 0 Å². The van der Waals surface area contributed by atoms with Gasteiger partial charge in [-0.05, 0) is 38.8 Å². The second-order valence-electron chi connectivity index (χ2n) is 6.93. The number of hydrogen-bond donors (Lipinski definition) is 0. The predicted octanol–water partition coefficient (Wildman–Crippen LogP) is 7.82. The predicted molar refractivity (Wildman–Crippen MR) is 132 cm³/mol. The van der Waals surface area contributed by atoms with Crippen molar-refractivity contribution < 1.29 is 28.9 Å². The van der Waals surface area contributed by atoms with Crippen LogP contribution >= 0.6 is 9.39 Å². The molecule has 3 nitrogen and oxygen atoms in total. The topological polar surface area (TPSA) is 39.4 Å². The maximum Gasteiger partial charge on any atom is 0.0408 e. The number of para-hydroxylation sites is 1. The minimum atomic E-state index is -0.654. The van der Waals surface area contributed by atoms with Crippen LogP contribution in [0.3, 0.4) is 0 Å². The molecular weight excluding hydrogens is 615 g/mol. The van der Waals surface area contributed by atoms with Crippen LogP contribution in [0.15, 0.2) is 95.5 Å². The fraction of sp³-hybridized carbons (Fsp3) is 0.0769. The Bertz CT molecular complexity index is 1260. The van der Waals surface area contributed by atoms with Gasteiger partial charge in [0, 0.05) is 43.6 Å². The molecule has 0 bridgehead atoms. The Kier molecular flexibility index (Phi) is 10.5. The number of hydrogen-bond acceptors (Lipinski definition) is 2. The van der Waals surface area contributed by atoms with E-state index in [9.17, 15) is 8.78 Å². The molecule has 1 atom stereocenters. The van der Waals surface area contributed by atoms with Crippen molar-refractivity contribution in [3.05, 3.63) is 114 Å². The van der Waals surface area contributed by atoms with Crippen LogP contribution in [-0.2, 0) is 20.1 Å². The van der Waals surface area contributed by atoms with Crippen LogP contribution in [0, 0.1) is 17.7 Å². The van der Waals surface area contributed by atoms with E-state index in [4.69, 9.17) is 0 Å². The van der Waals surface area contributed by atoms with Gasteiger partial charge in [-0.1, -0.05) is 79.2 Å². The normalized spacial score (nSPS) is 11.3. The van der Waals surface area contributed by atoms with Gasteiger partial charge in [0.1, 0.15) is 0 Å². The summed E-state index contributed by atoms with van der Waals surface area (Å²) in [7, 11) is 2.34. The van der Waals surface area contributed by atoms with Gasteiger partial charge in [0.05, 0.1) is 0 Å². The fourth-order valence-corrected chi connectivity index (χ4v) is 3.10. The SMILES string of the molecule is C/C(=C/C(C)=N/P)[N-]c1ccccc1.Fc1c[c-]c(-c2nccc3ccccc23)c(F)c1.[Ir]. The molecule has 33 heavy (non-hydrogen) atoms. The van der Waals surface area contributed by atoms with Crippen molar-refractivity contribution in [1.82, 2.24) is 4.98 Å². The first kappa shape index (κ1) is 26.5. The first-order valence-electron chi connectivity index (χ1n) is 9.88. The molecule has 1 unspecified atom stereocenters. The minimum absolute atomic E-state index is 0. The number of benzene rings is 3. The van der Waals surface area contributed by atoms with E-state index in [0.29, 0.717) is 5.69 Å². The van der Waals surface area contributed by atoms with Crippen molar-refractivity contribution >= 4 is 31.6 Å². The Labute approximate surface area is 208 Å². The molecule has 0 aliphatic rings. The third-order valence-electron chi connectivity index (χ3n) is 4.45. The van der Waals surface area contributed by atoms with Crippen LogP contribution < -0.4 is 0 Å². The average Bonchev–Trinajstić information content (AvgIpc) is 2.80. The molecule has 0 aliphatic heterocycles. The van der Waals surface area contributed by atoms with Gasteiger partial charge in [0.2, 0.25) is 0 Å². The third kappa shape index (κ3) is 7.64. The quantitative estimate of drug-likeness (QED) is 0.128. The molecule has 1 radical (unpaired) electrons. The largest absolute Gasteiger partial charge is 0.661 e. The van der Waals surface area contributed by atoms with Gasteiger partial charge in [-0.25, -0.2) is 0 Å². The van der Waals surface area contributed by atoms with E-state index in [1.807, 2.05) is 80.6 Å². The molecular formula is C26H22F2IrN3P-2. The summed E-state index contributed by atoms with van der Waals surface area (Å²) in [5.74, 6) is -1.30. The first-order valence-corrected chi connectivity index (χ1v) is 10.4. The van der Waals surface area contributed by atoms with Crippen LogP contribution in [-0.4, -0.2) is 10.7 Å². The molecule has 0 saturated heterocycles. The Hall–Kier alpha value is -2.78. The summed E-state index contributed by atoms with van der Waals surface area (Å²) in [6.07, 6.45) is 3.55. The molecule has 0 spiro atoms. The summed E-state index contributed by atoms with van der Waals surface area (Å²) < 4.78 is 30.6. The second kappa shape index (κ2) is 13.1. The van der Waals surface area contributed by atoms with Crippen molar-refractivity contribution in [2.75, 3.05) is 0 Å². The van der Waals surface area contributed by atoms with Crippen molar-refractivity contribution in [2.24, 2.45) is 4.76 Å². The van der Waals surface area contributed by atoms with Gasteiger partial charge in [-0.15, -0.1) is 17.8 Å². The molecule has 3 aromatic carbocycles. The Morgan fingerprint density at radius 3 is 2.42 bits per heavy atom. The van der Waals surface area contributed by atoms with E-state index in [-0.39, 0.29) is 25.7 Å². The zero-order chi connectivity index (χ0) is 22.9. The number of pyridine rings is 1. The molecule has 4 rings (SSSR count). The first-order chi connectivity index (χ1) is 15.5. The molecule has 0 amide bonds. The van der Waals surface area contributed by atoms with Crippen LogP contribution in [0.1, 0.15) is 13.8 Å². The number of rotatable bonds is 4. The standard InChI is InChI=1S/C15H8F2N.C11H14N2P.Ir/c16-11-5-6-13(14(17)9-11)15-12-4-2-1-3-10(12)7-8-18-15;1-9(8-10(2)13-14)12-11-6-4-3-5-7-11;/h1-5,7-9H;3-8H,14H2,1-2H3;/q2*-1;/b;9-8-,13-10+;. The van der Waals surface area contributed by atoms with E-state index in [1.165, 1.54) is 0 Å². The van der Waals surface area contributed by atoms with Gasteiger partial charge < -0.3 is 10.3 Å². The number of nitrogens with zero attached hydrogens (tertiary/aromatic N) is 3. The van der Waals surface area contributed by atoms with Crippen molar-refractivity contribution in [3.8, 4) is 11.3 Å². The molecule has 0 fully saturated rings. The zero-order valence-electron chi connectivity index (χ0n) is 18.1. The van der Waals surface area contributed by atoms with E-state index in [0.717, 1.165) is 40.0 Å². The summed E-state index contributed by atoms with van der Waals surface area (Å²) in [4.78, 5) is 4.17. The van der Waals surface area contributed by atoms with Crippen LogP contribution in [0.25, 0.3) is 27.3 Å². The van der Waals surface area contributed by atoms with Crippen molar-refractivity contribution in [3.63, 3.8) is 0 Å². The number of aromatic nitrogens is 1. The van der Waals surface area contributed by atoms with Gasteiger partial charge in [-0.3, -0.25) is 13.5 Å². The van der Waals surface area contributed by atoms with Gasteiger partial charge in [-0.2, -0.15) is 5.70 Å². The van der Waals surface area contributed by atoms with Crippen LogP contribution in [0.4, 0.5) is 14.5 Å². The van der Waals surface area contributed by atoms with Gasteiger partial charge in [0.25, 0.3) is 0 Å². The van der Waals surface area contributed by atoms with Crippen molar-refractivity contribution in [2.45, 2.75) is 13.8 Å². The molecule has 171 valence electrons. The second-order valence-corrected chi connectivity index (χ2v) is 7.18. The van der Waals surface area contributed by atoms with Gasteiger partial charge in [0.15, 0.2) is 0 Å². The van der Waals surface area contributed by atoms with E-state index < -0.39 is 11.6 Å². The van der Waals surface area contributed by atoms with E-state index in [1.54, 1.807) is 6.20 Å². The maximum absolute atomic E-state index is 13.8. The van der Waals surface area contributed by atoms with E-state index >= 15 is 0 Å². The average molecular weight is 638 g/mol. The van der Waals surface area contributed by atoms with Gasteiger partial charge >= 0.3 is 0 Å². The molecule has 1 heterocycles. The fourth-order valence-electron chi connectivity index (χ4n) is 3.02. The number of halogens is 2. The third-order valence-corrected chi connectivity index (χ3v) is 4.86. The summed E-state index contributed by atoms with van der Waals surface area (Å²) in [5, 5.41) is 6.20. The number of fused-ring (bicyclic) bond motifs is 1. The smallest absolute Gasteiger partial charge is 0.0408 e. The summed E-state index contributed by atoms with van der Waals surface area (Å²) in [6, 6.07) is 23.8. The van der Waals surface area contributed by atoms with Crippen molar-refractivity contribution in [1.29, 1.82) is 0 Å². The molecule has 0 N–H and O–H groups in total. The van der Waals surface area contributed by atoms with Crippen LogP contribution in [0.2, 0.25) is 0 Å². The summed E-state index contributed by atoms with van der Waals surface area (Å²) >= 11 is 0. The maximum atomic E-state index is 13.8.